The summed E-state index contributed by atoms with van der Waals surface area (Å²) in [6.07, 6.45) is 3.31. The van der Waals surface area contributed by atoms with Gasteiger partial charge in [-0.1, -0.05) is 41.5 Å². The molecule has 0 atom stereocenters. The highest BCUT2D eigenvalue weighted by atomic mass is 127. The highest BCUT2D eigenvalue weighted by Gasteiger charge is 2.19. The number of piperidine rings is 1. The molecule has 1 heterocycles. The van der Waals surface area contributed by atoms with E-state index in [0.29, 0.717) is 6.04 Å². The van der Waals surface area contributed by atoms with Gasteiger partial charge in [-0.25, -0.2) is 0 Å². The number of hydrogen-bond donors (Lipinski definition) is 2. The van der Waals surface area contributed by atoms with E-state index in [2.05, 4.69) is 68.0 Å². The van der Waals surface area contributed by atoms with Crippen LogP contribution in [0.4, 0.5) is 0 Å². The minimum atomic E-state index is 0. The molecule has 5 heteroatoms. The van der Waals surface area contributed by atoms with Gasteiger partial charge in [0.1, 0.15) is 0 Å². The monoisotopic (exact) mass is 484 g/mol. The summed E-state index contributed by atoms with van der Waals surface area (Å²) in [7, 11) is 0. The van der Waals surface area contributed by atoms with Crippen LogP contribution in [-0.4, -0.2) is 49.6 Å². The third kappa shape index (κ3) is 9.10. The second-order valence-electron chi connectivity index (χ2n) is 7.66. The summed E-state index contributed by atoms with van der Waals surface area (Å²) in [5.74, 6) is 0.954. The van der Waals surface area contributed by atoms with Crippen LogP contribution in [0.15, 0.2) is 35.3 Å². The maximum atomic E-state index is 4.80. The highest BCUT2D eigenvalue weighted by Crippen LogP contribution is 2.12. The summed E-state index contributed by atoms with van der Waals surface area (Å²) < 4.78 is 0. The molecule has 0 amide bonds. The predicted octanol–water partition coefficient (Wildman–Crippen LogP) is 4.06. The fourth-order valence-electron chi connectivity index (χ4n) is 3.64. The third-order valence-corrected chi connectivity index (χ3v) is 4.72. The normalized spacial score (nSPS) is 15.9. The Bertz CT molecular complexity index is 598. The van der Waals surface area contributed by atoms with Crippen LogP contribution in [0.3, 0.4) is 0 Å². The summed E-state index contributed by atoms with van der Waals surface area (Å²) in [6.45, 7) is 17.6. The van der Waals surface area contributed by atoms with Gasteiger partial charge in [0.2, 0.25) is 0 Å². The van der Waals surface area contributed by atoms with Crippen molar-refractivity contribution in [2.75, 3.05) is 32.7 Å². The van der Waals surface area contributed by atoms with Crippen LogP contribution in [0, 0.1) is 13.8 Å². The van der Waals surface area contributed by atoms with Crippen molar-refractivity contribution in [3.05, 3.63) is 47.0 Å². The lowest BCUT2D eigenvalue weighted by atomic mass is 10.0. The van der Waals surface area contributed by atoms with Gasteiger partial charge < -0.3 is 10.6 Å². The van der Waals surface area contributed by atoms with Crippen LogP contribution >= 0.6 is 24.0 Å². The van der Waals surface area contributed by atoms with E-state index < -0.39 is 0 Å². The minimum Gasteiger partial charge on any atom is -0.357 e. The number of hydrogen-bond acceptors (Lipinski definition) is 2. The minimum absolute atomic E-state index is 0. The Morgan fingerprint density at radius 3 is 2.37 bits per heavy atom. The van der Waals surface area contributed by atoms with Crippen LogP contribution in [0.2, 0.25) is 0 Å². The largest absolute Gasteiger partial charge is 0.357 e. The second-order valence-corrected chi connectivity index (χ2v) is 7.66. The van der Waals surface area contributed by atoms with E-state index in [1.165, 1.54) is 22.3 Å². The molecule has 1 aliphatic rings. The Morgan fingerprint density at radius 2 is 1.81 bits per heavy atom. The summed E-state index contributed by atoms with van der Waals surface area (Å²) in [6, 6.07) is 7.26. The summed E-state index contributed by atoms with van der Waals surface area (Å²) >= 11 is 0. The highest BCUT2D eigenvalue weighted by molar-refractivity contribution is 14.0. The Labute approximate surface area is 182 Å². The van der Waals surface area contributed by atoms with Crippen molar-refractivity contribution in [1.29, 1.82) is 0 Å². The fraction of sp³-hybridized carbons (Fsp3) is 0.591. The Kier molecular flexibility index (Phi) is 11.0. The van der Waals surface area contributed by atoms with Gasteiger partial charge in [-0.2, -0.15) is 0 Å². The molecule has 1 aliphatic heterocycles. The number of halogens is 1. The van der Waals surface area contributed by atoms with Crippen molar-refractivity contribution in [2.45, 2.75) is 53.0 Å². The van der Waals surface area contributed by atoms with E-state index in [9.17, 15) is 0 Å². The van der Waals surface area contributed by atoms with Gasteiger partial charge in [0, 0.05) is 38.8 Å². The number of aliphatic imine (C=N–C) groups is 1. The van der Waals surface area contributed by atoms with Crippen LogP contribution in [0.5, 0.6) is 0 Å². The lowest BCUT2D eigenvalue weighted by Gasteiger charge is -2.33. The van der Waals surface area contributed by atoms with Crippen LogP contribution in [0.25, 0.3) is 0 Å². The van der Waals surface area contributed by atoms with Gasteiger partial charge >= 0.3 is 0 Å². The molecule has 0 unspecified atom stereocenters. The first-order valence-corrected chi connectivity index (χ1v) is 9.95. The number of aryl methyl sites for hydroxylation is 2. The number of rotatable bonds is 7. The van der Waals surface area contributed by atoms with Crippen molar-refractivity contribution >= 4 is 29.9 Å². The van der Waals surface area contributed by atoms with Crippen molar-refractivity contribution < 1.29 is 0 Å². The molecule has 1 aromatic carbocycles. The maximum Gasteiger partial charge on any atom is 0.191 e. The first-order chi connectivity index (χ1) is 12.5. The van der Waals surface area contributed by atoms with E-state index in [0.717, 1.165) is 57.9 Å². The number of nitrogens with zero attached hydrogens (tertiary/aromatic N) is 2. The molecule has 1 fully saturated rings. The molecular weight excluding hydrogens is 447 g/mol. The first-order valence-electron chi connectivity index (χ1n) is 9.95. The summed E-state index contributed by atoms with van der Waals surface area (Å²) in [5.41, 5.74) is 5.28. The van der Waals surface area contributed by atoms with E-state index in [4.69, 9.17) is 4.99 Å². The zero-order chi connectivity index (χ0) is 18.9. The molecule has 0 spiro atoms. The van der Waals surface area contributed by atoms with Gasteiger partial charge in [-0.15, -0.1) is 24.0 Å². The molecule has 152 valence electrons. The molecule has 2 N–H and O–H groups in total. The van der Waals surface area contributed by atoms with Crippen LogP contribution in [-0.2, 0) is 6.42 Å². The molecule has 1 saturated heterocycles. The smallest absolute Gasteiger partial charge is 0.191 e. The molecular formula is C22H37IN4. The standard InChI is InChI=1S/C22H36N4.HI/c1-6-23-22(24-10-7-20-14-18(4)13-19(5)15-20)25-21-8-11-26(12-9-21)16-17(2)3;/h13-15,21H,2,6-12,16H2,1,3-5H3,(H2,23,24,25);1H. The van der Waals surface area contributed by atoms with E-state index in [-0.39, 0.29) is 24.0 Å². The topological polar surface area (TPSA) is 39.7 Å². The quantitative estimate of drug-likeness (QED) is 0.266. The third-order valence-electron chi connectivity index (χ3n) is 4.72. The summed E-state index contributed by atoms with van der Waals surface area (Å²) in [4.78, 5) is 7.29. The van der Waals surface area contributed by atoms with Gasteiger partial charge in [0.15, 0.2) is 5.96 Å². The molecule has 0 radical (unpaired) electrons. The lowest BCUT2D eigenvalue weighted by Crippen LogP contribution is -2.48. The number of benzene rings is 1. The molecule has 1 aromatic rings. The van der Waals surface area contributed by atoms with E-state index in [1.54, 1.807) is 0 Å². The molecule has 4 nitrogen and oxygen atoms in total. The summed E-state index contributed by atoms with van der Waals surface area (Å²) in [5, 5.41) is 7.02. The van der Waals surface area contributed by atoms with Crippen LogP contribution < -0.4 is 10.6 Å². The molecule has 2 rings (SSSR count). The Balaban J connectivity index is 0.00000364. The zero-order valence-electron chi connectivity index (χ0n) is 17.5. The second kappa shape index (κ2) is 12.4. The fourth-order valence-corrected chi connectivity index (χ4v) is 3.64. The van der Waals surface area contributed by atoms with Gasteiger partial charge in [0.05, 0.1) is 0 Å². The van der Waals surface area contributed by atoms with Gasteiger partial charge in [-0.3, -0.25) is 9.89 Å². The predicted molar refractivity (Wildman–Crippen MR) is 128 cm³/mol. The maximum absolute atomic E-state index is 4.80. The van der Waals surface area contributed by atoms with Gasteiger partial charge in [0.25, 0.3) is 0 Å². The number of guanidine groups is 1. The molecule has 0 aliphatic carbocycles. The molecule has 0 saturated carbocycles. The van der Waals surface area contributed by atoms with Gasteiger partial charge in [-0.05, 0) is 52.5 Å². The molecule has 0 bridgehead atoms. The number of likely N-dealkylation sites (tertiary alicyclic amines) is 1. The van der Waals surface area contributed by atoms with E-state index >= 15 is 0 Å². The molecule has 0 aromatic heterocycles. The average molecular weight is 484 g/mol. The van der Waals surface area contributed by atoms with Crippen LogP contribution in [0.1, 0.15) is 43.4 Å². The van der Waals surface area contributed by atoms with Crippen molar-refractivity contribution in [3.8, 4) is 0 Å². The Hall–Kier alpha value is -1.08. The van der Waals surface area contributed by atoms with Crippen molar-refractivity contribution in [3.63, 3.8) is 0 Å². The van der Waals surface area contributed by atoms with Crippen molar-refractivity contribution in [2.24, 2.45) is 4.99 Å². The van der Waals surface area contributed by atoms with E-state index in [1.807, 2.05) is 0 Å². The number of nitrogens with one attached hydrogen (secondary N) is 2. The Morgan fingerprint density at radius 1 is 1.19 bits per heavy atom. The first kappa shape index (κ1) is 24.0. The average Bonchev–Trinajstić information content (AvgIpc) is 2.55. The molecule has 27 heavy (non-hydrogen) atoms. The zero-order valence-corrected chi connectivity index (χ0v) is 19.8. The SMILES string of the molecule is C=C(C)CN1CCC(NC(=NCCc2cc(C)cc(C)c2)NCC)CC1.I. The lowest BCUT2D eigenvalue weighted by molar-refractivity contribution is 0.221. The van der Waals surface area contributed by atoms with Crippen molar-refractivity contribution in [1.82, 2.24) is 15.5 Å².